The number of hydrogen-bond acceptors (Lipinski definition) is 5. The van der Waals surface area contributed by atoms with Crippen LogP contribution in [0.15, 0.2) is 53.6 Å². The van der Waals surface area contributed by atoms with E-state index in [9.17, 15) is 0 Å². The van der Waals surface area contributed by atoms with E-state index in [0.29, 0.717) is 10.6 Å². The molecule has 0 amide bonds. The molecule has 7 heteroatoms. The molecule has 0 radical (unpaired) electrons. The predicted molar refractivity (Wildman–Crippen MR) is 102 cm³/mol. The van der Waals surface area contributed by atoms with Crippen LogP contribution in [-0.4, -0.2) is 26.2 Å². The molecule has 1 aromatic carbocycles. The Hall–Kier alpha value is -2.86. The number of aromatic nitrogens is 4. The molecule has 0 unspecified atom stereocenters. The van der Waals surface area contributed by atoms with Gasteiger partial charge in [0.25, 0.3) is 0 Å². The van der Waals surface area contributed by atoms with Crippen molar-refractivity contribution in [2.45, 2.75) is 19.9 Å². The van der Waals surface area contributed by atoms with Crippen molar-refractivity contribution < 1.29 is 4.52 Å². The predicted octanol–water partition coefficient (Wildman–Crippen LogP) is 4.55. The summed E-state index contributed by atoms with van der Waals surface area (Å²) < 4.78 is 7.54. The van der Waals surface area contributed by atoms with E-state index in [1.165, 1.54) is 0 Å². The zero-order valence-corrected chi connectivity index (χ0v) is 15.1. The number of nitrogens with one attached hydrogen (secondary N) is 1. The zero-order valence-electron chi connectivity index (χ0n) is 14.3. The molecule has 0 aliphatic rings. The fourth-order valence-electron chi connectivity index (χ4n) is 2.83. The Balaban J connectivity index is 1.59. The Morgan fingerprint density at radius 1 is 1.23 bits per heavy atom. The van der Waals surface area contributed by atoms with Gasteiger partial charge >= 0.3 is 0 Å². The summed E-state index contributed by atoms with van der Waals surface area (Å²) in [5, 5.41) is 8.22. The normalized spacial score (nSPS) is 11.2. The Bertz CT molecular complexity index is 1010. The Morgan fingerprint density at radius 2 is 2.08 bits per heavy atom. The molecule has 0 atom stereocenters. The third-order valence-corrected chi connectivity index (χ3v) is 4.45. The van der Waals surface area contributed by atoms with Crippen molar-refractivity contribution in [1.82, 2.24) is 19.7 Å². The van der Waals surface area contributed by atoms with Crippen LogP contribution in [-0.2, 0) is 6.54 Å². The second kappa shape index (κ2) is 7.17. The minimum absolute atomic E-state index is 0.683. The van der Waals surface area contributed by atoms with E-state index < -0.39 is 0 Å². The molecule has 6 nitrogen and oxygen atoms in total. The van der Waals surface area contributed by atoms with Gasteiger partial charge in [-0.25, -0.2) is 9.97 Å². The monoisotopic (exact) mass is 367 g/mol. The molecule has 4 aromatic rings. The molecule has 0 bridgehead atoms. The summed E-state index contributed by atoms with van der Waals surface area (Å²) in [5.74, 6) is 0. The highest BCUT2D eigenvalue weighted by Gasteiger charge is 2.14. The number of halogens is 1. The molecule has 0 fully saturated rings. The SMILES string of the molecule is Cc1noc2c(NCCCn3ccnc3)cc(-c3ccc(Cl)cc3)nc12. The number of anilines is 1. The van der Waals surface area contributed by atoms with E-state index >= 15 is 0 Å². The molecular formula is C19H18ClN5O. The maximum absolute atomic E-state index is 6.00. The van der Waals surface area contributed by atoms with Gasteiger partial charge in [-0.15, -0.1) is 0 Å². The fourth-order valence-corrected chi connectivity index (χ4v) is 2.96. The molecule has 0 aliphatic carbocycles. The van der Waals surface area contributed by atoms with Gasteiger partial charge in [0.1, 0.15) is 11.2 Å². The standard InChI is InChI=1S/C19H18ClN5O/c1-13-18-19(26-24-13)17(22-7-2-9-25-10-8-21-12-25)11-16(23-18)14-3-5-15(20)6-4-14/h3-6,8,10-12H,2,7,9H2,1H3,(H,22,23). The minimum Gasteiger partial charge on any atom is -0.382 e. The third kappa shape index (κ3) is 3.41. The quantitative estimate of drug-likeness (QED) is 0.506. The van der Waals surface area contributed by atoms with Crippen molar-refractivity contribution in [3.63, 3.8) is 0 Å². The molecule has 1 N–H and O–H groups in total. The summed E-state index contributed by atoms with van der Waals surface area (Å²) in [6.07, 6.45) is 6.53. The summed E-state index contributed by atoms with van der Waals surface area (Å²) in [7, 11) is 0. The van der Waals surface area contributed by atoms with Gasteiger partial charge in [-0.2, -0.15) is 0 Å². The topological polar surface area (TPSA) is 68.8 Å². The summed E-state index contributed by atoms with van der Waals surface area (Å²) >= 11 is 6.00. The summed E-state index contributed by atoms with van der Waals surface area (Å²) in [4.78, 5) is 8.77. The number of imidazole rings is 1. The fraction of sp³-hybridized carbons (Fsp3) is 0.211. The van der Waals surface area contributed by atoms with Gasteiger partial charge in [-0.05, 0) is 31.5 Å². The molecule has 0 aliphatic heterocycles. The zero-order chi connectivity index (χ0) is 17.9. The number of rotatable bonds is 6. The van der Waals surface area contributed by atoms with Gasteiger partial charge in [0, 0.05) is 36.1 Å². The van der Waals surface area contributed by atoms with Gasteiger partial charge in [-0.3, -0.25) is 0 Å². The number of nitrogens with zero attached hydrogens (tertiary/aromatic N) is 4. The highest BCUT2D eigenvalue weighted by atomic mass is 35.5. The van der Waals surface area contributed by atoms with Crippen molar-refractivity contribution in [2.24, 2.45) is 0 Å². The highest BCUT2D eigenvalue weighted by molar-refractivity contribution is 6.30. The van der Waals surface area contributed by atoms with Crippen LogP contribution in [0.1, 0.15) is 12.1 Å². The molecule has 26 heavy (non-hydrogen) atoms. The number of fused-ring (bicyclic) bond motifs is 1. The molecule has 132 valence electrons. The van der Waals surface area contributed by atoms with Crippen molar-refractivity contribution in [2.75, 3.05) is 11.9 Å². The minimum atomic E-state index is 0.683. The Morgan fingerprint density at radius 3 is 2.85 bits per heavy atom. The molecule has 3 aromatic heterocycles. The van der Waals surface area contributed by atoms with E-state index in [0.717, 1.165) is 47.7 Å². The van der Waals surface area contributed by atoms with Gasteiger partial charge in [0.2, 0.25) is 5.58 Å². The number of aryl methyl sites for hydroxylation is 2. The summed E-state index contributed by atoms with van der Waals surface area (Å²) in [5.41, 5.74) is 4.98. The molecule has 3 heterocycles. The molecule has 0 spiro atoms. The Labute approximate surface area is 155 Å². The number of pyridine rings is 1. The molecule has 4 rings (SSSR count). The number of benzene rings is 1. The van der Waals surface area contributed by atoms with E-state index in [-0.39, 0.29) is 0 Å². The molecule has 0 saturated heterocycles. The molecular weight excluding hydrogens is 350 g/mol. The van der Waals surface area contributed by atoms with Crippen LogP contribution < -0.4 is 5.32 Å². The van der Waals surface area contributed by atoms with Crippen LogP contribution in [0, 0.1) is 6.92 Å². The lowest BCUT2D eigenvalue weighted by Gasteiger charge is -2.09. The van der Waals surface area contributed by atoms with Crippen molar-refractivity contribution in [1.29, 1.82) is 0 Å². The van der Waals surface area contributed by atoms with Crippen LogP contribution in [0.5, 0.6) is 0 Å². The first-order valence-corrected chi connectivity index (χ1v) is 8.81. The van der Waals surface area contributed by atoms with Gasteiger partial charge in [0.05, 0.1) is 17.7 Å². The van der Waals surface area contributed by atoms with Crippen LogP contribution in [0.4, 0.5) is 5.69 Å². The maximum Gasteiger partial charge on any atom is 0.208 e. The Kier molecular flexibility index (Phi) is 4.58. The molecule has 0 saturated carbocycles. The van der Waals surface area contributed by atoms with E-state index in [1.54, 1.807) is 6.20 Å². The van der Waals surface area contributed by atoms with Crippen LogP contribution in [0.3, 0.4) is 0 Å². The maximum atomic E-state index is 6.00. The van der Waals surface area contributed by atoms with Gasteiger partial charge in [0.15, 0.2) is 0 Å². The lowest BCUT2D eigenvalue weighted by molar-refractivity contribution is 0.451. The second-order valence-corrected chi connectivity index (χ2v) is 6.52. The first-order valence-electron chi connectivity index (χ1n) is 8.43. The van der Waals surface area contributed by atoms with Crippen molar-refractivity contribution in [3.8, 4) is 11.3 Å². The lowest BCUT2D eigenvalue weighted by atomic mass is 10.1. The lowest BCUT2D eigenvalue weighted by Crippen LogP contribution is -2.06. The summed E-state index contributed by atoms with van der Waals surface area (Å²) in [6.45, 7) is 3.60. The third-order valence-electron chi connectivity index (χ3n) is 4.20. The first kappa shape index (κ1) is 16.6. The van der Waals surface area contributed by atoms with Crippen LogP contribution in [0.25, 0.3) is 22.4 Å². The first-order chi connectivity index (χ1) is 12.7. The van der Waals surface area contributed by atoms with E-state index in [2.05, 4.69) is 20.0 Å². The van der Waals surface area contributed by atoms with Crippen molar-refractivity contribution >= 4 is 28.4 Å². The smallest absolute Gasteiger partial charge is 0.208 e. The van der Waals surface area contributed by atoms with E-state index in [1.807, 2.05) is 49.8 Å². The number of hydrogen-bond donors (Lipinski definition) is 1. The van der Waals surface area contributed by atoms with Crippen LogP contribution >= 0.6 is 11.6 Å². The average molecular weight is 368 g/mol. The van der Waals surface area contributed by atoms with Gasteiger partial charge in [-0.1, -0.05) is 28.9 Å². The largest absolute Gasteiger partial charge is 0.382 e. The highest BCUT2D eigenvalue weighted by Crippen LogP contribution is 2.30. The average Bonchev–Trinajstić information content (AvgIpc) is 3.29. The van der Waals surface area contributed by atoms with Gasteiger partial charge < -0.3 is 14.4 Å². The second-order valence-electron chi connectivity index (χ2n) is 6.09. The van der Waals surface area contributed by atoms with Crippen LogP contribution in [0.2, 0.25) is 5.02 Å². The summed E-state index contributed by atoms with van der Waals surface area (Å²) in [6, 6.07) is 9.64. The van der Waals surface area contributed by atoms with E-state index in [4.69, 9.17) is 21.1 Å². The van der Waals surface area contributed by atoms with Crippen molar-refractivity contribution in [3.05, 3.63) is 59.8 Å².